The normalized spacial score (nSPS) is 14.5. The second-order valence-electron chi connectivity index (χ2n) is 13.3. The van der Waals surface area contributed by atoms with E-state index in [0.29, 0.717) is 23.3 Å². The van der Waals surface area contributed by atoms with Crippen molar-refractivity contribution in [2.45, 2.75) is 77.9 Å². The van der Waals surface area contributed by atoms with E-state index < -0.39 is 64.3 Å². The molecule has 4 N–H and O–H groups in total. The van der Waals surface area contributed by atoms with Gasteiger partial charge in [-0.25, -0.2) is 9.59 Å². The maximum Gasteiger partial charge on any atom is 0.416 e. The lowest BCUT2D eigenvalue weighted by atomic mass is 9.75. The van der Waals surface area contributed by atoms with E-state index in [1.807, 2.05) is 19.2 Å². The van der Waals surface area contributed by atoms with Gasteiger partial charge < -0.3 is 30.7 Å². The average molecular weight is 695 g/mol. The van der Waals surface area contributed by atoms with Gasteiger partial charge in [0, 0.05) is 22.2 Å². The summed E-state index contributed by atoms with van der Waals surface area (Å²) in [5.41, 5.74) is -3.97. The predicted molar refractivity (Wildman–Crippen MR) is 171 cm³/mol. The highest BCUT2D eigenvalue weighted by Crippen LogP contribution is 2.53. The van der Waals surface area contributed by atoms with E-state index in [1.165, 1.54) is 6.07 Å². The molecular formula is C34H36F6N4O5. The number of para-hydroxylation sites is 2. The summed E-state index contributed by atoms with van der Waals surface area (Å²) >= 11 is 0. The van der Waals surface area contributed by atoms with E-state index >= 15 is 0 Å². The zero-order chi connectivity index (χ0) is 36.7. The molecule has 1 heterocycles. The molecule has 0 fully saturated rings. The average Bonchev–Trinajstić information content (AvgIpc) is 2.94. The van der Waals surface area contributed by atoms with Gasteiger partial charge >= 0.3 is 24.5 Å². The van der Waals surface area contributed by atoms with Crippen molar-refractivity contribution in [2.75, 3.05) is 16.0 Å². The molecule has 15 heteroatoms. The number of benzene rings is 3. The Morgan fingerprint density at radius 2 is 1.24 bits per heavy atom. The summed E-state index contributed by atoms with van der Waals surface area (Å²) < 4.78 is 91.7. The Hall–Kier alpha value is -4.95. The zero-order valence-electron chi connectivity index (χ0n) is 27.7. The Bertz CT molecular complexity index is 1730. The van der Waals surface area contributed by atoms with Crippen molar-refractivity contribution in [3.05, 3.63) is 76.9 Å². The van der Waals surface area contributed by atoms with Gasteiger partial charge in [0.05, 0.1) is 22.5 Å². The van der Waals surface area contributed by atoms with E-state index in [4.69, 9.17) is 9.47 Å². The van der Waals surface area contributed by atoms with E-state index in [0.717, 1.165) is 0 Å². The Morgan fingerprint density at radius 1 is 0.755 bits per heavy atom. The highest BCUT2D eigenvalue weighted by atomic mass is 19.4. The molecule has 49 heavy (non-hydrogen) atoms. The third kappa shape index (κ3) is 8.56. The van der Waals surface area contributed by atoms with Gasteiger partial charge in [-0.3, -0.25) is 4.79 Å². The van der Waals surface area contributed by atoms with Crippen LogP contribution in [0.3, 0.4) is 0 Å². The van der Waals surface area contributed by atoms with Crippen molar-refractivity contribution in [3.8, 4) is 11.5 Å². The first-order valence-corrected chi connectivity index (χ1v) is 15.1. The van der Waals surface area contributed by atoms with Crippen LogP contribution in [0.5, 0.6) is 11.5 Å². The van der Waals surface area contributed by atoms with E-state index in [1.54, 1.807) is 65.0 Å². The summed E-state index contributed by atoms with van der Waals surface area (Å²) in [4.78, 5) is 38.9. The van der Waals surface area contributed by atoms with Gasteiger partial charge in [0.2, 0.25) is 5.91 Å². The molecule has 9 nitrogen and oxygen atoms in total. The first-order valence-electron chi connectivity index (χ1n) is 15.1. The SMILES string of the molecule is CC(C)[C@H](NC(=O)OC(C)(C)C)C(=O)Nc1cccc2c1Oc1c(NC(=O)Nc3cc(C(F)(F)F)cc(C(F)(F)F)c3)cccc1C2(C)C. The second-order valence-corrected chi connectivity index (χ2v) is 13.3. The largest absolute Gasteiger partial charge is 0.452 e. The molecular weight excluding hydrogens is 658 g/mol. The van der Waals surface area contributed by atoms with Crippen molar-refractivity contribution in [1.29, 1.82) is 0 Å². The zero-order valence-corrected chi connectivity index (χ0v) is 27.7. The lowest BCUT2D eigenvalue weighted by Crippen LogP contribution is -2.48. The number of hydrogen-bond donors (Lipinski definition) is 4. The predicted octanol–water partition coefficient (Wildman–Crippen LogP) is 9.29. The molecule has 4 amide bonds. The van der Waals surface area contributed by atoms with Crippen LogP contribution in [-0.4, -0.2) is 29.7 Å². The molecule has 3 aromatic rings. The monoisotopic (exact) mass is 694 g/mol. The molecule has 4 rings (SSSR count). The van der Waals surface area contributed by atoms with Gasteiger partial charge in [-0.15, -0.1) is 0 Å². The summed E-state index contributed by atoms with van der Waals surface area (Å²) in [7, 11) is 0. The number of fused-ring (bicyclic) bond motifs is 2. The number of carbonyl (C=O) groups is 3. The Labute approximate surface area is 278 Å². The number of alkyl carbamates (subject to hydrolysis) is 1. The standard InChI is InChI=1S/C34H36F6N4O5/c1-17(2)25(44-30(47)49-31(3,4)5)28(45)42-23-12-8-10-21-26(23)48-27-22(32(21,6)7)11-9-13-24(27)43-29(46)41-20-15-18(33(35,36)37)14-19(16-20)34(38,39)40/h8-17,25H,1-7H3,(H,42,45)(H,44,47)(H2,41,43,46)/t25-/m0/s1. The quantitative estimate of drug-likeness (QED) is 0.192. The van der Waals surface area contributed by atoms with Gasteiger partial charge in [-0.1, -0.05) is 52.0 Å². The number of halogens is 6. The molecule has 0 bridgehead atoms. The molecule has 1 atom stereocenters. The van der Waals surface area contributed by atoms with E-state index in [2.05, 4.69) is 16.0 Å². The minimum atomic E-state index is -5.10. The van der Waals surface area contributed by atoms with E-state index in [-0.39, 0.29) is 34.9 Å². The van der Waals surface area contributed by atoms with E-state index in [9.17, 15) is 40.7 Å². The maximum absolute atomic E-state index is 13.5. The number of amides is 4. The van der Waals surface area contributed by atoms with Crippen LogP contribution < -0.4 is 26.0 Å². The Kier molecular flexibility index (Phi) is 9.91. The van der Waals surface area contributed by atoms with Gasteiger partial charge in [-0.05, 0) is 57.0 Å². The third-order valence-corrected chi connectivity index (χ3v) is 7.55. The third-order valence-electron chi connectivity index (χ3n) is 7.55. The highest BCUT2D eigenvalue weighted by Gasteiger charge is 2.39. The molecule has 0 saturated carbocycles. The fraction of sp³-hybridized carbons (Fsp3) is 0.382. The molecule has 0 spiro atoms. The first-order chi connectivity index (χ1) is 22.5. The van der Waals surface area contributed by atoms with Crippen molar-refractivity contribution in [1.82, 2.24) is 5.32 Å². The summed E-state index contributed by atoms with van der Waals surface area (Å²) in [6, 6.07) is 8.44. The molecule has 1 aliphatic heterocycles. The second kappa shape index (κ2) is 13.2. The fourth-order valence-corrected chi connectivity index (χ4v) is 5.21. The van der Waals surface area contributed by atoms with Crippen molar-refractivity contribution in [2.24, 2.45) is 5.92 Å². The van der Waals surface area contributed by atoms with Gasteiger partial charge in [0.15, 0.2) is 11.5 Å². The van der Waals surface area contributed by atoms with Gasteiger partial charge in [-0.2, -0.15) is 26.3 Å². The van der Waals surface area contributed by atoms with Gasteiger partial charge in [0.25, 0.3) is 0 Å². The van der Waals surface area contributed by atoms with Crippen molar-refractivity contribution in [3.63, 3.8) is 0 Å². The van der Waals surface area contributed by atoms with Crippen LogP contribution in [0.2, 0.25) is 0 Å². The fourth-order valence-electron chi connectivity index (χ4n) is 5.21. The number of ether oxygens (including phenoxy) is 2. The van der Waals surface area contributed by atoms with Crippen LogP contribution in [0.15, 0.2) is 54.6 Å². The van der Waals surface area contributed by atoms with Crippen LogP contribution in [0.25, 0.3) is 0 Å². The number of urea groups is 1. The van der Waals surface area contributed by atoms with Crippen LogP contribution in [0.4, 0.5) is 53.0 Å². The summed E-state index contributed by atoms with van der Waals surface area (Å²) in [5.74, 6) is -0.560. The molecule has 3 aromatic carbocycles. The number of nitrogens with one attached hydrogen (secondary N) is 4. The number of alkyl halides is 6. The number of carbonyl (C=O) groups excluding carboxylic acids is 3. The number of rotatable bonds is 6. The molecule has 0 radical (unpaired) electrons. The van der Waals surface area contributed by atoms with Crippen LogP contribution in [0.1, 0.15) is 70.7 Å². The summed E-state index contributed by atoms with van der Waals surface area (Å²) in [5, 5.41) is 9.88. The molecule has 0 aliphatic carbocycles. The molecule has 0 aromatic heterocycles. The first kappa shape index (κ1) is 36.9. The van der Waals surface area contributed by atoms with Crippen molar-refractivity contribution >= 4 is 35.1 Å². The van der Waals surface area contributed by atoms with Gasteiger partial charge in [0.1, 0.15) is 11.6 Å². The molecule has 1 aliphatic rings. The molecule has 264 valence electrons. The number of anilines is 3. The molecule has 0 unspecified atom stereocenters. The highest BCUT2D eigenvalue weighted by molar-refractivity contribution is 6.02. The number of hydrogen-bond acceptors (Lipinski definition) is 5. The molecule has 0 saturated heterocycles. The van der Waals surface area contributed by atoms with Crippen LogP contribution in [0, 0.1) is 5.92 Å². The lowest BCUT2D eigenvalue weighted by Gasteiger charge is -2.36. The minimum absolute atomic E-state index is 0.0443. The van der Waals surface area contributed by atoms with Crippen molar-refractivity contribution < 1.29 is 50.2 Å². The lowest BCUT2D eigenvalue weighted by molar-refractivity contribution is -0.143. The maximum atomic E-state index is 13.5. The minimum Gasteiger partial charge on any atom is -0.452 e. The van der Waals surface area contributed by atoms with Crippen LogP contribution in [-0.2, 0) is 27.3 Å². The Balaban J connectivity index is 1.63. The topological polar surface area (TPSA) is 118 Å². The smallest absolute Gasteiger partial charge is 0.416 e. The Morgan fingerprint density at radius 3 is 1.69 bits per heavy atom. The summed E-state index contributed by atoms with van der Waals surface area (Å²) in [6.07, 6.45) is -11.0. The van der Waals surface area contributed by atoms with Crippen LogP contribution >= 0.6 is 0 Å². The summed E-state index contributed by atoms with van der Waals surface area (Å²) in [6.45, 7) is 12.3.